The molecule has 14 heavy (non-hydrogen) atoms. The maximum absolute atomic E-state index is 11.6. The van der Waals surface area contributed by atoms with E-state index >= 15 is 0 Å². The van der Waals surface area contributed by atoms with E-state index in [0.717, 1.165) is 23.5 Å². The highest BCUT2D eigenvalue weighted by Gasteiger charge is 2.31. The molecule has 1 aliphatic rings. The van der Waals surface area contributed by atoms with Gasteiger partial charge in [0.2, 0.25) is 0 Å². The summed E-state index contributed by atoms with van der Waals surface area (Å²) in [6.45, 7) is 4.18. The Morgan fingerprint density at radius 3 is 2.93 bits per heavy atom. The van der Waals surface area contributed by atoms with Gasteiger partial charge >= 0.3 is 5.97 Å². The maximum atomic E-state index is 11.6. The fraction of sp³-hybridized carbons (Fsp3) is 0.600. The van der Waals surface area contributed by atoms with Gasteiger partial charge in [-0.3, -0.25) is 0 Å². The molecule has 0 aliphatic heterocycles. The van der Waals surface area contributed by atoms with Gasteiger partial charge in [-0.05, 0) is 26.7 Å². The first-order valence-electron chi connectivity index (χ1n) is 4.86. The van der Waals surface area contributed by atoms with Gasteiger partial charge in [0.1, 0.15) is 4.88 Å². The molecule has 0 aromatic carbocycles. The van der Waals surface area contributed by atoms with Crippen molar-refractivity contribution in [2.45, 2.75) is 32.6 Å². The number of thiazole rings is 1. The number of hydrogen-bond donors (Lipinski definition) is 0. The molecule has 0 bridgehead atoms. The number of hydrogen-bond acceptors (Lipinski definition) is 4. The lowest BCUT2D eigenvalue weighted by Crippen LogP contribution is -2.05. The lowest BCUT2D eigenvalue weighted by Gasteiger charge is -1.99. The highest BCUT2D eigenvalue weighted by Crippen LogP contribution is 2.42. The molecule has 0 N–H and O–H groups in total. The zero-order chi connectivity index (χ0) is 10.1. The minimum atomic E-state index is -0.208. The Morgan fingerprint density at radius 1 is 1.64 bits per heavy atom. The maximum Gasteiger partial charge on any atom is 0.350 e. The summed E-state index contributed by atoms with van der Waals surface area (Å²) in [5, 5.41) is 0.954. The smallest absolute Gasteiger partial charge is 0.350 e. The first-order valence-corrected chi connectivity index (χ1v) is 5.68. The minimum absolute atomic E-state index is 0.208. The molecule has 1 fully saturated rings. The SMILES string of the molecule is CCOC(=O)c1sc(C)nc1C1CC1. The summed E-state index contributed by atoms with van der Waals surface area (Å²) in [6.07, 6.45) is 2.32. The standard InChI is InChI=1S/C10H13NO2S/c1-3-13-10(12)9-8(7-4-5-7)11-6(2)14-9/h7H,3-5H2,1-2H3. The van der Waals surface area contributed by atoms with Crippen LogP contribution in [0.25, 0.3) is 0 Å². The fourth-order valence-corrected chi connectivity index (χ4v) is 2.32. The second-order valence-electron chi connectivity index (χ2n) is 3.44. The third kappa shape index (κ3) is 1.80. The molecular weight excluding hydrogens is 198 g/mol. The van der Waals surface area contributed by atoms with Crippen molar-refractivity contribution in [3.8, 4) is 0 Å². The predicted molar refractivity (Wildman–Crippen MR) is 54.8 cm³/mol. The summed E-state index contributed by atoms with van der Waals surface area (Å²) in [5.74, 6) is 0.305. The Balaban J connectivity index is 2.26. The lowest BCUT2D eigenvalue weighted by atomic mass is 10.2. The van der Waals surface area contributed by atoms with E-state index in [9.17, 15) is 4.79 Å². The van der Waals surface area contributed by atoms with Gasteiger partial charge in [-0.2, -0.15) is 0 Å². The number of aromatic nitrogens is 1. The second kappa shape index (κ2) is 3.69. The van der Waals surface area contributed by atoms with Crippen LogP contribution in [0.4, 0.5) is 0 Å². The van der Waals surface area contributed by atoms with Gasteiger partial charge in [0.05, 0.1) is 17.3 Å². The molecule has 3 nitrogen and oxygen atoms in total. The molecule has 0 saturated heterocycles. The number of rotatable bonds is 3. The van der Waals surface area contributed by atoms with Gasteiger partial charge in [0.15, 0.2) is 0 Å². The van der Waals surface area contributed by atoms with Crippen LogP contribution in [-0.4, -0.2) is 17.6 Å². The molecule has 76 valence electrons. The number of carbonyl (C=O) groups is 1. The Bertz CT molecular complexity index is 355. The van der Waals surface area contributed by atoms with Gasteiger partial charge in [-0.1, -0.05) is 0 Å². The summed E-state index contributed by atoms with van der Waals surface area (Å²) in [7, 11) is 0. The first kappa shape index (κ1) is 9.65. The van der Waals surface area contributed by atoms with Crippen LogP contribution >= 0.6 is 11.3 Å². The minimum Gasteiger partial charge on any atom is -0.462 e. The predicted octanol–water partition coefficient (Wildman–Crippen LogP) is 2.51. The molecule has 1 aromatic rings. The molecular formula is C10H13NO2S. The second-order valence-corrected chi connectivity index (χ2v) is 4.65. The summed E-state index contributed by atoms with van der Waals surface area (Å²) in [6, 6.07) is 0. The van der Waals surface area contributed by atoms with Crippen LogP contribution in [0.1, 0.15) is 46.1 Å². The van der Waals surface area contributed by atoms with Crippen molar-refractivity contribution in [3.63, 3.8) is 0 Å². The van der Waals surface area contributed by atoms with E-state index in [0.29, 0.717) is 17.4 Å². The molecule has 1 heterocycles. The van der Waals surface area contributed by atoms with Crippen LogP contribution in [0.3, 0.4) is 0 Å². The van der Waals surface area contributed by atoms with Crippen LogP contribution in [0.5, 0.6) is 0 Å². The largest absolute Gasteiger partial charge is 0.462 e. The van der Waals surface area contributed by atoms with Gasteiger partial charge in [0, 0.05) is 5.92 Å². The van der Waals surface area contributed by atoms with Crippen molar-refractivity contribution < 1.29 is 9.53 Å². The van der Waals surface area contributed by atoms with Crippen LogP contribution < -0.4 is 0 Å². The van der Waals surface area contributed by atoms with E-state index in [2.05, 4.69) is 4.98 Å². The van der Waals surface area contributed by atoms with Crippen molar-refractivity contribution in [2.24, 2.45) is 0 Å². The number of aryl methyl sites for hydroxylation is 1. The van der Waals surface area contributed by atoms with Crippen molar-refractivity contribution in [1.29, 1.82) is 0 Å². The first-order chi connectivity index (χ1) is 6.72. The molecule has 1 aliphatic carbocycles. The van der Waals surface area contributed by atoms with E-state index in [-0.39, 0.29) is 5.97 Å². The zero-order valence-corrected chi connectivity index (χ0v) is 9.19. The van der Waals surface area contributed by atoms with Crippen molar-refractivity contribution >= 4 is 17.3 Å². The van der Waals surface area contributed by atoms with E-state index < -0.39 is 0 Å². The van der Waals surface area contributed by atoms with Crippen molar-refractivity contribution in [3.05, 3.63) is 15.6 Å². The molecule has 0 spiro atoms. The number of ether oxygens (including phenoxy) is 1. The van der Waals surface area contributed by atoms with Gasteiger partial charge in [-0.15, -0.1) is 11.3 Å². The highest BCUT2D eigenvalue weighted by molar-refractivity contribution is 7.13. The average Bonchev–Trinajstić information content (AvgIpc) is 2.90. The molecule has 1 saturated carbocycles. The quantitative estimate of drug-likeness (QED) is 0.721. The summed E-state index contributed by atoms with van der Waals surface area (Å²) >= 11 is 1.45. The summed E-state index contributed by atoms with van der Waals surface area (Å²) < 4.78 is 4.99. The van der Waals surface area contributed by atoms with Crippen molar-refractivity contribution in [2.75, 3.05) is 6.61 Å². The zero-order valence-electron chi connectivity index (χ0n) is 8.37. The number of nitrogens with zero attached hydrogens (tertiary/aromatic N) is 1. The Morgan fingerprint density at radius 2 is 2.36 bits per heavy atom. The van der Waals surface area contributed by atoms with E-state index in [4.69, 9.17) is 4.74 Å². The van der Waals surface area contributed by atoms with Gasteiger partial charge in [-0.25, -0.2) is 9.78 Å². The van der Waals surface area contributed by atoms with Crippen LogP contribution in [0.2, 0.25) is 0 Å². The van der Waals surface area contributed by atoms with Crippen LogP contribution in [0, 0.1) is 6.92 Å². The summed E-state index contributed by atoms with van der Waals surface area (Å²) in [4.78, 5) is 16.7. The molecule has 0 unspecified atom stereocenters. The Labute approximate surface area is 87.1 Å². The average molecular weight is 211 g/mol. The third-order valence-corrected chi connectivity index (χ3v) is 3.15. The molecule has 4 heteroatoms. The molecule has 0 amide bonds. The molecule has 1 aromatic heterocycles. The topological polar surface area (TPSA) is 39.2 Å². The van der Waals surface area contributed by atoms with Crippen molar-refractivity contribution in [1.82, 2.24) is 4.98 Å². The third-order valence-electron chi connectivity index (χ3n) is 2.19. The lowest BCUT2D eigenvalue weighted by molar-refractivity contribution is 0.0530. The monoisotopic (exact) mass is 211 g/mol. The number of esters is 1. The normalized spacial score (nSPS) is 15.6. The highest BCUT2D eigenvalue weighted by atomic mass is 32.1. The van der Waals surface area contributed by atoms with Crippen LogP contribution in [-0.2, 0) is 4.74 Å². The van der Waals surface area contributed by atoms with E-state index in [1.807, 2.05) is 13.8 Å². The van der Waals surface area contributed by atoms with E-state index in [1.165, 1.54) is 11.3 Å². The molecule has 0 atom stereocenters. The van der Waals surface area contributed by atoms with Gasteiger partial charge in [0.25, 0.3) is 0 Å². The van der Waals surface area contributed by atoms with Gasteiger partial charge < -0.3 is 4.74 Å². The van der Waals surface area contributed by atoms with E-state index in [1.54, 1.807) is 0 Å². The number of carbonyl (C=O) groups excluding carboxylic acids is 1. The summed E-state index contributed by atoms with van der Waals surface area (Å²) in [5.41, 5.74) is 0.964. The molecule has 0 radical (unpaired) electrons. The fourth-order valence-electron chi connectivity index (χ4n) is 1.42. The Kier molecular flexibility index (Phi) is 2.54. The molecule has 2 rings (SSSR count). The Hall–Kier alpha value is -0.900. The van der Waals surface area contributed by atoms with Crippen LogP contribution in [0.15, 0.2) is 0 Å².